The molecule has 0 saturated carbocycles. The number of fused-ring (bicyclic) bond motifs is 1. The Balaban J connectivity index is 1.78. The molecule has 0 fully saturated rings. The van der Waals surface area contributed by atoms with Crippen LogP contribution in [0.3, 0.4) is 0 Å². The molecule has 154 valence electrons. The predicted molar refractivity (Wildman–Crippen MR) is 111 cm³/mol. The van der Waals surface area contributed by atoms with Gasteiger partial charge in [0.15, 0.2) is 0 Å². The van der Waals surface area contributed by atoms with Gasteiger partial charge in [-0.1, -0.05) is 24.3 Å². The van der Waals surface area contributed by atoms with E-state index in [-0.39, 0.29) is 18.0 Å². The Bertz CT molecular complexity index is 855. The highest BCUT2D eigenvalue weighted by Gasteiger charge is 2.36. The summed E-state index contributed by atoms with van der Waals surface area (Å²) in [6.45, 7) is 2.08. The summed E-state index contributed by atoms with van der Waals surface area (Å²) in [5.74, 6) is -0.159. The van der Waals surface area contributed by atoms with Gasteiger partial charge in [-0.3, -0.25) is 9.59 Å². The van der Waals surface area contributed by atoms with Crippen molar-refractivity contribution in [3.05, 3.63) is 65.2 Å². The molecular formula is C22H27N3O4. The third kappa shape index (κ3) is 4.93. The number of nitrogens with one attached hydrogen (secondary N) is 2. The molecule has 2 N–H and O–H groups in total. The van der Waals surface area contributed by atoms with Crippen molar-refractivity contribution < 1.29 is 19.1 Å². The van der Waals surface area contributed by atoms with Crippen LogP contribution in [0.1, 0.15) is 38.9 Å². The minimum Gasteiger partial charge on any atom is -0.385 e. The van der Waals surface area contributed by atoms with Gasteiger partial charge >= 0.3 is 0 Å². The summed E-state index contributed by atoms with van der Waals surface area (Å²) in [7, 11) is 3.25. The molecule has 0 saturated heterocycles. The SMILES string of the molecule is COCCCN1C(=O)c2ccccc2C1Nc1cccc(C(=O)NCCOC)c1. The molecule has 7 nitrogen and oxygen atoms in total. The zero-order chi connectivity index (χ0) is 20.6. The van der Waals surface area contributed by atoms with Gasteiger partial charge in [-0.2, -0.15) is 0 Å². The molecule has 2 amide bonds. The van der Waals surface area contributed by atoms with E-state index in [1.807, 2.05) is 41.3 Å². The largest absolute Gasteiger partial charge is 0.385 e. The van der Waals surface area contributed by atoms with E-state index in [0.29, 0.717) is 37.4 Å². The number of nitrogens with zero attached hydrogens (tertiary/aromatic N) is 1. The number of hydrogen-bond acceptors (Lipinski definition) is 5. The van der Waals surface area contributed by atoms with Crippen molar-refractivity contribution in [2.24, 2.45) is 0 Å². The lowest BCUT2D eigenvalue weighted by Gasteiger charge is -2.27. The van der Waals surface area contributed by atoms with Crippen LogP contribution in [0.5, 0.6) is 0 Å². The fourth-order valence-corrected chi connectivity index (χ4v) is 3.41. The zero-order valence-corrected chi connectivity index (χ0v) is 16.8. The van der Waals surface area contributed by atoms with Gasteiger partial charge in [0.05, 0.1) is 6.61 Å². The van der Waals surface area contributed by atoms with E-state index in [4.69, 9.17) is 9.47 Å². The molecule has 0 bridgehead atoms. The number of rotatable bonds is 10. The first-order chi connectivity index (χ1) is 14.2. The van der Waals surface area contributed by atoms with Crippen molar-refractivity contribution in [2.45, 2.75) is 12.6 Å². The third-order valence-corrected chi connectivity index (χ3v) is 4.83. The number of carbonyl (C=O) groups is 2. The molecule has 0 aromatic heterocycles. The maximum atomic E-state index is 12.9. The topological polar surface area (TPSA) is 79.9 Å². The number of benzene rings is 2. The van der Waals surface area contributed by atoms with Crippen LogP contribution < -0.4 is 10.6 Å². The highest BCUT2D eigenvalue weighted by atomic mass is 16.5. The lowest BCUT2D eigenvalue weighted by molar-refractivity contribution is 0.0721. The highest BCUT2D eigenvalue weighted by Crippen LogP contribution is 2.34. The Kier molecular flexibility index (Phi) is 7.21. The van der Waals surface area contributed by atoms with Crippen molar-refractivity contribution in [3.63, 3.8) is 0 Å². The number of hydrogen-bond donors (Lipinski definition) is 2. The molecule has 1 atom stereocenters. The molecule has 0 aliphatic carbocycles. The van der Waals surface area contributed by atoms with Crippen LogP contribution in [-0.2, 0) is 9.47 Å². The monoisotopic (exact) mass is 397 g/mol. The summed E-state index contributed by atoms with van der Waals surface area (Å²) in [5.41, 5.74) is 2.96. The quantitative estimate of drug-likeness (QED) is 0.603. The minimum absolute atomic E-state index is 0.00247. The average Bonchev–Trinajstić information content (AvgIpc) is 3.00. The van der Waals surface area contributed by atoms with Crippen LogP contribution in [0, 0.1) is 0 Å². The normalized spacial score (nSPS) is 15.3. The molecule has 3 rings (SSSR count). The van der Waals surface area contributed by atoms with Gasteiger partial charge in [0.1, 0.15) is 6.17 Å². The fourth-order valence-electron chi connectivity index (χ4n) is 3.41. The number of methoxy groups -OCH3 is 2. The maximum Gasteiger partial charge on any atom is 0.256 e. The van der Waals surface area contributed by atoms with E-state index in [9.17, 15) is 9.59 Å². The van der Waals surface area contributed by atoms with Gasteiger partial charge in [0.25, 0.3) is 11.8 Å². The van der Waals surface area contributed by atoms with Crippen LogP contribution in [0.2, 0.25) is 0 Å². The molecule has 1 unspecified atom stereocenters. The number of amides is 2. The summed E-state index contributed by atoms with van der Waals surface area (Å²) < 4.78 is 10.1. The van der Waals surface area contributed by atoms with Gasteiger partial charge in [-0.15, -0.1) is 0 Å². The molecule has 1 aliphatic heterocycles. The Morgan fingerprint density at radius 1 is 1.07 bits per heavy atom. The Morgan fingerprint density at radius 3 is 2.66 bits per heavy atom. The van der Waals surface area contributed by atoms with E-state index in [1.54, 1.807) is 26.4 Å². The highest BCUT2D eigenvalue weighted by molar-refractivity contribution is 5.99. The smallest absolute Gasteiger partial charge is 0.256 e. The molecule has 0 radical (unpaired) electrons. The first-order valence-electron chi connectivity index (χ1n) is 9.68. The number of carbonyl (C=O) groups excluding carboxylic acids is 2. The molecule has 7 heteroatoms. The summed E-state index contributed by atoms with van der Waals surface area (Å²) in [5, 5.41) is 6.24. The second-order valence-electron chi connectivity index (χ2n) is 6.81. The van der Waals surface area contributed by atoms with Crippen molar-refractivity contribution in [1.29, 1.82) is 0 Å². The first kappa shape index (κ1) is 20.8. The first-order valence-corrected chi connectivity index (χ1v) is 9.68. The maximum absolute atomic E-state index is 12.9. The van der Waals surface area contributed by atoms with Crippen molar-refractivity contribution in [3.8, 4) is 0 Å². The van der Waals surface area contributed by atoms with Gasteiger partial charge in [-0.25, -0.2) is 0 Å². The van der Waals surface area contributed by atoms with E-state index < -0.39 is 0 Å². The summed E-state index contributed by atoms with van der Waals surface area (Å²) in [6.07, 6.45) is 0.457. The van der Waals surface area contributed by atoms with Crippen LogP contribution in [0.15, 0.2) is 48.5 Å². The molecule has 1 heterocycles. The van der Waals surface area contributed by atoms with Crippen LogP contribution in [0.4, 0.5) is 5.69 Å². The van der Waals surface area contributed by atoms with Gasteiger partial charge in [-0.05, 0) is 30.7 Å². The van der Waals surface area contributed by atoms with E-state index >= 15 is 0 Å². The average molecular weight is 397 g/mol. The number of ether oxygens (including phenoxy) is 2. The molecule has 2 aromatic rings. The lowest BCUT2D eigenvalue weighted by Crippen LogP contribution is -2.33. The predicted octanol–water partition coefficient (Wildman–Crippen LogP) is 2.67. The second kappa shape index (κ2) is 10.0. The third-order valence-electron chi connectivity index (χ3n) is 4.83. The molecule has 29 heavy (non-hydrogen) atoms. The summed E-state index contributed by atoms with van der Waals surface area (Å²) in [4.78, 5) is 27.0. The fraction of sp³-hybridized carbons (Fsp3) is 0.364. The van der Waals surface area contributed by atoms with E-state index in [2.05, 4.69) is 10.6 Å². The summed E-state index contributed by atoms with van der Waals surface area (Å²) >= 11 is 0. The van der Waals surface area contributed by atoms with Crippen molar-refractivity contribution in [1.82, 2.24) is 10.2 Å². The molecule has 2 aromatic carbocycles. The zero-order valence-electron chi connectivity index (χ0n) is 16.8. The van der Waals surface area contributed by atoms with Gasteiger partial charge in [0, 0.05) is 56.3 Å². The van der Waals surface area contributed by atoms with Gasteiger partial charge in [0.2, 0.25) is 0 Å². The second-order valence-corrected chi connectivity index (χ2v) is 6.81. The van der Waals surface area contributed by atoms with Crippen molar-refractivity contribution in [2.75, 3.05) is 45.8 Å². The van der Waals surface area contributed by atoms with E-state index in [0.717, 1.165) is 17.7 Å². The standard InChI is InChI=1S/C22H27N3O4/c1-28-13-6-12-25-20(18-9-3-4-10-19(18)22(25)27)24-17-8-5-7-16(15-17)21(26)23-11-14-29-2/h3-5,7-10,15,20,24H,6,11-14H2,1-2H3,(H,23,26). The van der Waals surface area contributed by atoms with Crippen molar-refractivity contribution >= 4 is 17.5 Å². The van der Waals surface area contributed by atoms with Crippen LogP contribution in [-0.4, -0.2) is 57.2 Å². The Morgan fingerprint density at radius 2 is 1.86 bits per heavy atom. The van der Waals surface area contributed by atoms with Gasteiger partial charge < -0.3 is 25.0 Å². The summed E-state index contributed by atoms with van der Waals surface area (Å²) in [6, 6.07) is 14.9. The molecule has 0 spiro atoms. The molecule has 1 aliphatic rings. The molecular weight excluding hydrogens is 370 g/mol. The Labute approximate surface area is 171 Å². The minimum atomic E-state index is -0.289. The lowest BCUT2D eigenvalue weighted by atomic mass is 10.1. The number of anilines is 1. The van der Waals surface area contributed by atoms with Crippen LogP contribution >= 0.6 is 0 Å². The van der Waals surface area contributed by atoms with Crippen LogP contribution in [0.25, 0.3) is 0 Å². The Hall–Kier alpha value is -2.90. The van der Waals surface area contributed by atoms with E-state index in [1.165, 1.54) is 0 Å².